The largest absolute Gasteiger partial charge is 0.296 e. The Morgan fingerprint density at radius 3 is 2.74 bits per heavy atom. The molecular formula is C15H21N3O. The van der Waals surface area contributed by atoms with Gasteiger partial charge in [-0.15, -0.1) is 0 Å². The van der Waals surface area contributed by atoms with Crippen LogP contribution in [0.4, 0.5) is 0 Å². The van der Waals surface area contributed by atoms with Crippen molar-refractivity contribution in [2.45, 2.75) is 38.3 Å². The van der Waals surface area contributed by atoms with Gasteiger partial charge in [-0.25, -0.2) is 5.84 Å². The molecule has 1 aromatic rings. The molecule has 4 heteroatoms. The molecular weight excluding hydrogens is 238 g/mol. The van der Waals surface area contributed by atoms with Gasteiger partial charge in [0.05, 0.1) is 6.42 Å². The topological polar surface area (TPSA) is 58.4 Å². The van der Waals surface area contributed by atoms with Crippen LogP contribution >= 0.6 is 0 Å². The lowest BCUT2D eigenvalue weighted by Crippen LogP contribution is -2.33. The number of fused-ring (bicyclic) bond motifs is 2. The van der Waals surface area contributed by atoms with Crippen LogP contribution < -0.4 is 11.3 Å². The molecule has 1 aliphatic carbocycles. The van der Waals surface area contributed by atoms with E-state index in [1.807, 2.05) is 18.2 Å². The molecule has 0 spiro atoms. The zero-order valence-electron chi connectivity index (χ0n) is 11.1. The molecule has 1 saturated heterocycles. The summed E-state index contributed by atoms with van der Waals surface area (Å²) >= 11 is 0. The fourth-order valence-electron chi connectivity index (χ4n) is 3.55. The number of hydrogen-bond donors (Lipinski definition) is 2. The normalized spacial score (nSPS) is 25.7. The highest BCUT2D eigenvalue weighted by Gasteiger charge is 2.37. The lowest BCUT2D eigenvalue weighted by atomic mass is 10.0. The minimum absolute atomic E-state index is 0.129. The first-order valence-electron chi connectivity index (χ1n) is 7.06. The van der Waals surface area contributed by atoms with Crippen molar-refractivity contribution in [3.63, 3.8) is 0 Å². The van der Waals surface area contributed by atoms with Crippen LogP contribution in [0.15, 0.2) is 24.3 Å². The number of nitrogens with one attached hydrogen (secondary N) is 1. The fourth-order valence-corrected chi connectivity index (χ4v) is 3.55. The van der Waals surface area contributed by atoms with Gasteiger partial charge < -0.3 is 0 Å². The second-order valence-electron chi connectivity index (χ2n) is 5.78. The monoisotopic (exact) mass is 259 g/mol. The summed E-state index contributed by atoms with van der Waals surface area (Å²) in [5.74, 6) is 5.95. The summed E-state index contributed by atoms with van der Waals surface area (Å²) in [6.07, 6.45) is 4.48. The first-order chi connectivity index (χ1) is 9.26. The number of benzene rings is 1. The Morgan fingerprint density at radius 2 is 2.11 bits per heavy atom. The third-order valence-corrected chi connectivity index (χ3v) is 4.53. The first-order valence-corrected chi connectivity index (χ1v) is 7.06. The maximum Gasteiger partial charge on any atom is 0.238 e. The van der Waals surface area contributed by atoms with E-state index in [0.29, 0.717) is 6.42 Å². The lowest BCUT2D eigenvalue weighted by molar-refractivity contribution is -0.120. The van der Waals surface area contributed by atoms with E-state index in [2.05, 4.69) is 16.4 Å². The van der Waals surface area contributed by atoms with Crippen LogP contribution in [0.25, 0.3) is 0 Å². The number of nitrogens with two attached hydrogens (primary N) is 1. The molecule has 2 aliphatic rings. The Balaban J connectivity index is 1.71. The average molecular weight is 259 g/mol. The standard InChI is InChI=1S/C15H21N3O/c16-17-15(19)8-12-3-1-2-4-13(12)10-18-9-11-5-6-14(18)7-11/h1-4,11,14H,5-10,16H2,(H,17,19). The third kappa shape index (κ3) is 2.65. The Kier molecular flexibility index (Phi) is 3.53. The predicted molar refractivity (Wildman–Crippen MR) is 74.0 cm³/mol. The molecule has 0 aromatic heterocycles. The summed E-state index contributed by atoms with van der Waals surface area (Å²) in [4.78, 5) is 14.0. The molecule has 3 N–H and O–H groups in total. The van der Waals surface area contributed by atoms with Crippen LogP contribution in [-0.2, 0) is 17.8 Å². The van der Waals surface area contributed by atoms with Gasteiger partial charge in [0, 0.05) is 19.1 Å². The van der Waals surface area contributed by atoms with E-state index in [9.17, 15) is 4.79 Å². The summed E-state index contributed by atoms with van der Waals surface area (Å²) in [7, 11) is 0. The zero-order chi connectivity index (χ0) is 13.2. The Bertz CT molecular complexity index is 474. The van der Waals surface area contributed by atoms with Gasteiger partial charge in [-0.3, -0.25) is 15.1 Å². The third-order valence-electron chi connectivity index (χ3n) is 4.53. The second kappa shape index (κ2) is 5.31. The Labute approximate surface area is 113 Å². The Hall–Kier alpha value is -1.39. The van der Waals surface area contributed by atoms with Crippen LogP contribution in [0, 0.1) is 5.92 Å². The van der Waals surface area contributed by atoms with Gasteiger partial charge in [0.1, 0.15) is 0 Å². The number of carbonyl (C=O) groups excluding carboxylic acids is 1. The molecule has 2 bridgehead atoms. The van der Waals surface area contributed by atoms with Crippen LogP contribution in [0.2, 0.25) is 0 Å². The quantitative estimate of drug-likeness (QED) is 0.485. The average Bonchev–Trinajstić information content (AvgIpc) is 3.03. The summed E-state index contributed by atoms with van der Waals surface area (Å²) < 4.78 is 0. The van der Waals surface area contributed by atoms with E-state index in [1.165, 1.54) is 31.4 Å². The lowest BCUT2D eigenvalue weighted by Gasteiger charge is -2.27. The fraction of sp³-hybridized carbons (Fsp3) is 0.533. The van der Waals surface area contributed by atoms with Crippen molar-refractivity contribution < 1.29 is 4.79 Å². The number of piperidine rings is 1. The molecule has 2 atom stereocenters. The van der Waals surface area contributed by atoms with Gasteiger partial charge in [0.25, 0.3) is 0 Å². The first kappa shape index (κ1) is 12.6. The van der Waals surface area contributed by atoms with Gasteiger partial charge >= 0.3 is 0 Å². The number of hydrazine groups is 1. The SMILES string of the molecule is NNC(=O)Cc1ccccc1CN1CC2CCC1C2. The molecule has 1 aliphatic heterocycles. The van der Waals surface area contributed by atoms with Crippen LogP contribution in [0.3, 0.4) is 0 Å². The summed E-state index contributed by atoms with van der Waals surface area (Å²) in [5, 5.41) is 0. The second-order valence-corrected chi connectivity index (χ2v) is 5.78. The molecule has 19 heavy (non-hydrogen) atoms. The molecule has 1 saturated carbocycles. The van der Waals surface area contributed by atoms with Crippen molar-refractivity contribution in [1.82, 2.24) is 10.3 Å². The van der Waals surface area contributed by atoms with Gasteiger partial charge in [0.15, 0.2) is 0 Å². The van der Waals surface area contributed by atoms with E-state index in [0.717, 1.165) is 24.1 Å². The molecule has 4 nitrogen and oxygen atoms in total. The van der Waals surface area contributed by atoms with Crippen molar-refractivity contribution in [2.75, 3.05) is 6.54 Å². The van der Waals surface area contributed by atoms with Crippen LogP contribution in [-0.4, -0.2) is 23.4 Å². The van der Waals surface area contributed by atoms with Gasteiger partial charge in [-0.05, 0) is 36.3 Å². The maximum atomic E-state index is 11.4. The van der Waals surface area contributed by atoms with E-state index >= 15 is 0 Å². The smallest absolute Gasteiger partial charge is 0.238 e. The zero-order valence-corrected chi connectivity index (χ0v) is 11.1. The van der Waals surface area contributed by atoms with Crippen molar-refractivity contribution in [3.8, 4) is 0 Å². The Morgan fingerprint density at radius 1 is 1.32 bits per heavy atom. The highest BCUT2D eigenvalue weighted by molar-refractivity contribution is 5.78. The van der Waals surface area contributed by atoms with Gasteiger partial charge in [0.2, 0.25) is 5.91 Å². The molecule has 0 radical (unpaired) electrons. The predicted octanol–water partition coefficient (Wildman–Crippen LogP) is 1.20. The molecule has 1 amide bonds. The summed E-state index contributed by atoms with van der Waals surface area (Å²) in [6.45, 7) is 2.19. The number of rotatable bonds is 4. The van der Waals surface area contributed by atoms with Gasteiger partial charge in [-0.2, -0.15) is 0 Å². The molecule has 2 unspecified atom stereocenters. The number of hydrogen-bond acceptors (Lipinski definition) is 3. The molecule has 2 fully saturated rings. The van der Waals surface area contributed by atoms with Crippen molar-refractivity contribution in [1.29, 1.82) is 0 Å². The highest BCUT2D eigenvalue weighted by Crippen LogP contribution is 2.38. The number of likely N-dealkylation sites (tertiary alicyclic amines) is 1. The summed E-state index contributed by atoms with van der Waals surface area (Å²) in [5.41, 5.74) is 4.56. The maximum absolute atomic E-state index is 11.4. The number of amides is 1. The van der Waals surface area contributed by atoms with E-state index in [4.69, 9.17) is 5.84 Å². The highest BCUT2D eigenvalue weighted by atomic mass is 16.2. The number of carbonyl (C=O) groups is 1. The minimum atomic E-state index is -0.129. The van der Waals surface area contributed by atoms with E-state index < -0.39 is 0 Å². The van der Waals surface area contributed by atoms with Crippen LogP contribution in [0.5, 0.6) is 0 Å². The minimum Gasteiger partial charge on any atom is -0.296 e. The van der Waals surface area contributed by atoms with Crippen molar-refractivity contribution in [2.24, 2.45) is 11.8 Å². The van der Waals surface area contributed by atoms with Gasteiger partial charge in [-0.1, -0.05) is 24.3 Å². The molecule has 1 aromatic carbocycles. The molecule has 1 heterocycles. The van der Waals surface area contributed by atoms with E-state index in [1.54, 1.807) is 0 Å². The van der Waals surface area contributed by atoms with Crippen molar-refractivity contribution >= 4 is 5.91 Å². The molecule has 3 rings (SSSR count). The van der Waals surface area contributed by atoms with Crippen LogP contribution in [0.1, 0.15) is 30.4 Å². The molecule has 102 valence electrons. The summed E-state index contributed by atoms with van der Waals surface area (Å²) in [6, 6.07) is 8.96. The van der Waals surface area contributed by atoms with E-state index in [-0.39, 0.29) is 5.91 Å². The number of nitrogens with zero attached hydrogens (tertiary/aromatic N) is 1. The van der Waals surface area contributed by atoms with Crippen molar-refractivity contribution in [3.05, 3.63) is 35.4 Å².